The fraction of sp³-hybridized carbons (Fsp3) is 0.200. The number of nitrogens with zero attached hydrogens (tertiary/aromatic N) is 4. The number of halogens is 1. The molecule has 1 aromatic heterocycles. The molecule has 0 spiro atoms. The average Bonchev–Trinajstić information content (AvgIpc) is 3.07. The Morgan fingerprint density at radius 2 is 1.81 bits per heavy atom. The summed E-state index contributed by atoms with van der Waals surface area (Å²) in [6.45, 7) is 0.540. The molecule has 4 rings (SSSR count). The van der Waals surface area contributed by atoms with Gasteiger partial charge in [-0.1, -0.05) is 41.9 Å². The lowest BCUT2D eigenvalue weighted by atomic mass is 9.99. The van der Waals surface area contributed by atoms with Crippen LogP contribution in [0.5, 0.6) is 0 Å². The number of imidazole rings is 1. The van der Waals surface area contributed by atoms with Gasteiger partial charge in [0.05, 0.1) is 30.5 Å². The Labute approximate surface area is 157 Å². The standard InChI is InChI=1S/C20H19ClN4O/c1-23-13-22-11-18(23)19(14-7-9-16(21)10-8-14)25-12-15-5-3-4-6-17(15)24(2)20(25)26/h3-11,13,19H,12H2,1-2H3. The molecule has 2 heterocycles. The highest BCUT2D eigenvalue weighted by molar-refractivity contribution is 6.30. The number of aromatic nitrogens is 2. The highest BCUT2D eigenvalue weighted by Gasteiger charge is 2.35. The Balaban J connectivity index is 1.83. The summed E-state index contributed by atoms with van der Waals surface area (Å²) in [6, 6.07) is 15.4. The molecule has 5 nitrogen and oxygen atoms in total. The van der Waals surface area contributed by atoms with E-state index < -0.39 is 0 Å². The Morgan fingerprint density at radius 3 is 2.50 bits per heavy atom. The van der Waals surface area contributed by atoms with E-state index in [2.05, 4.69) is 11.1 Å². The van der Waals surface area contributed by atoms with Crippen molar-refractivity contribution in [2.24, 2.45) is 7.05 Å². The van der Waals surface area contributed by atoms with Crippen LogP contribution < -0.4 is 4.90 Å². The van der Waals surface area contributed by atoms with Crippen molar-refractivity contribution in [2.75, 3.05) is 11.9 Å². The van der Waals surface area contributed by atoms with E-state index in [-0.39, 0.29) is 12.1 Å². The molecule has 0 aliphatic carbocycles. The largest absolute Gasteiger partial charge is 0.336 e. The molecule has 26 heavy (non-hydrogen) atoms. The van der Waals surface area contributed by atoms with E-state index in [0.717, 1.165) is 22.5 Å². The summed E-state index contributed by atoms with van der Waals surface area (Å²) < 4.78 is 1.95. The molecule has 6 heteroatoms. The van der Waals surface area contributed by atoms with Crippen molar-refractivity contribution in [1.82, 2.24) is 14.5 Å². The predicted molar refractivity (Wildman–Crippen MR) is 102 cm³/mol. The van der Waals surface area contributed by atoms with Gasteiger partial charge in [-0.05, 0) is 29.3 Å². The summed E-state index contributed by atoms with van der Waals surface area (Å²) in [5.41, 5.74) is 4.02. The molecule has 1 atom stereocenters. The third kappa shape index (κ3) is 2.74. The minimum absolute atomic E-state index is 0.0372. The lowest BCUT2D eigenvalue weighted by molar-refractivity contribution is 0.183. The summed E-state index contributed by atoms with van der Waals surface area (Å²) >= 11 is 6.07. The van der Waals surface area contributed by atoms with Crippen LogP contribution in [0.1, 0.15) is 22.9 Å². The maximum absolute atomic E-state index is 13.2. The maximum Gasteiger partial charge on any atom is 0.325 e. The first kappa shape index (κ1) is 16.7. The highest BCUT2D eigenvalue weighted by atomic mass is 35.5. The van der Waals surface area contributed by atoms with Crippen molar-refractivity contribution in [1.29, 1.82) is 0 Å². The number of hydrogen-bond donors (Lipinski definition) is 0. The van der Waals surface area contributed by atoms with Crippen molar-refractivity contribution in [2.45, 2.75) is 12.6 Å². The first-order valence-electron chi connectivity index (χ1n) is 8.40. The van der Waals surface area contributed by atoms with E-state index in [4.69, 9.17) is 11.6 Å². The third-order valence-electron chi connectivity index (χ3n) is 4.86. The van der Waals surface area contributed by atoms with Crippen LogP contribution in [-0.2, 0) is 13.6 Å². The van der Waals surface area contributed by atoms with Gasteiger partial charge in [-0.15, -0.1) is 0 Å². The van der Waals surface area contributed by atoms with Crippen LogP contribution in [0.25, 0.3) is 0 Å². The number of hydrogen-bond acceptors (Lipinski definition) is 2. The Hall–Kier alpha value is -2.79. The maximum atomic E-state index is 13.2. The summed E-state index contributed by atoms with van der Waals surface area (Å²) in [5.74, 6) is 0. The summed E-state index contributed by atoms with van der Waals surface area (Å²) in [6.07, 6.45) is 3.57. The van der Waals surface area contributed by atoms with Crippen LogP contribution in [0.15, 0.2) is 61.1 Å². The smallest absolute Gasteiger partial charge is 0.325 e. The number of urea groups is 1. The number of para-hydroxylation sites is 1. The summed E-state index contributed by atoms with van der Waals surface area (Å²) in [4.78, 5) is 21.0. The number of aryl methyl sites for hydroxylation is 1. The van der Waals surface area contributed by atoms with Gasteiger partial charge in [0, 0.05) is 19.1 Å². The minimum Gasteiger partial charge on any atom is -0.336 e. The Bertz CT molecular complexity index is 950. The minimum atomic E-state index is -0.247. The molecule has 2 aromatic carbocycles. The van der Waals surface area contributed by atoms with Gasteiger partial charge < -0.3 is 9.47 Å². The monoisotopic (exact) mass is 366 g/mol. The number of fused-ring (bicyclic) bond motifs is 1. The number of carbonyl (C=O) groups excluding carboxylic acids is 1. The van der Waals surface area contributed by atoms with Crippen LogP contribution in [-0.4, -0.2) is 27.5 Å². The highest BCUT2D eigenvalue weighted by Crippen LogP contribution is 2.36. The first-order chi connectivity index (χ1) is 12.6. The number of amides is 2. The lowest BCUT2D eigenvalue weighted by Gasteiger charge is -2.40. The summed E-state index contributed by atoms with van der Waals surface area (Å²) in [5, 5.41) is 0.671. The second-order valence-electron chi connectivity index (χ2n) is 6.48. The number of anilines is 1. The van der Waals surface area contributed by atoms with E-state index in [9.17, 15) is 4.79 Å². The van der Waals surface area contributed by atoms with Crippen LogP contribution in [0.4, 0.5) is 10.5 Å². The molecular formula is C20H19ClN4O. The molecule has 0 radical (unpaired) electrons. The molecule has 0 fully saturated rings. The summed E-state index contributed by atoms with van der Waals surface area (Å²) in [7, 11) is 3.76. The van der Waals surface area contributed by atoms with Crippen molar-refractivity contribution in [3.8, 4) is 0 Å². The Kier molecular flexibility index (Phi) is 4.17. The van der Waals surface area contributed by atoms with Gasteiger partial charge in [0.1, 0.15) is 6.04 Å². The molecule has 3 aromatic rings. The van der Waals surface area contributed by atoms with Gasteiger partial charge in [-0.25, -0.2) is 9.78 Å². The Morgan fingerprint density at radius 1 is 1.08 bits per heavy atom. The molecule has 0 N–H and O–H groups in total. The van der Waals surface area contributed by atoms with Gasteiger partial charge in [0.25, 0.3) is 0 Å². The van der Waals surface area contributed by atoms with Crippen LogP contribution >= 0.6 is 11.6 Å². The van der Waals surface area contributed by atoms with E-state index >= 15 is 0 Å². The van der Waals surface area contributed by atoms with Gasteiger partial charge >= 0.3 is 6.03 Å². The van der Waals surface area contributed by atoms with Crippen LogP contribution in [0, 0.1) is 0 Å². The molecule has 1 aliphatic heterocycles. The fourth-order valence-electron chi connectivity index (χ4n) is 3.51. The quantitative estimate of drug-likeness (QED) is 0.695. The SMILES string of the molecule is CN1C(=O)N(C(c2ccc(Cl)cc2)c2cncn2C)Cc2ccccc21. The number of carbonyl (C=O) groups is 1. The topological polar surface area (TPSA) is 41.4 Å². The van der Waals surface area contributed by atoms with Crippen molar-refractivity contribution in [3.63, 3.8) is 0 Å². The first-order valence-corrected chi connectivity index (χ1v) is 8.78. The van der Waals surface area contributed by atoms with Crippen LogP contribution in [0.3, 0.4) is 0 Å². The van der Waals surface area contributed by atoms with E-state index in [1.54, 1.807) is 11.2 Å². The van der Waals surface area contributed by atoms with Gasteiger partial charge in [0.15, 0.2) is 0 Å². The zero-order chi connectivity index (χ0) is 18.3. The van der Waals surface area contributed by atoms with Crippen molar-refractivity contribution >= 4 is 23.3 Å². The second kappa shape index (κ2) is 6.50. The number of benzene rings is 2. The zero-order valence-corrected chi connectivity index (χ0v) is 15.4. The molecular weight excluding hydrogens is 348 g/mol. The third-order valence-corrected chi connectivity index (χ3v) is 5.11. The lowest BCUT2D eigenvalue weighted by Crippen LogP contribution is -2.47. The second-order valence-corrected chi connectivity index (χ2v) is 6.92. The predicted octanol–water partition coefficient (Wildman–Crippen LogP) is 4.23. The average molecular weight is 367 g/mol. The van der Waals surface area contributed by atoms with Gasteiger partial charge in [0.2, 0.25) is 0 Å². The molecule has 1 aliphatic rings. The van der Waals surface area contributed by atoms with E-state index in [1.165, 1.54) is 0 Å². The van der Waals surface area contributed by atoms with E-state index in [0.29, 0.717) is 11.6 Å². The molecule has 0 bridgehead atoms. The van der Waals surface area contributed by atoms with Crippen molar-refractivity contribution in [3.05, 3.63) is 82.9 Å². The molecule has 0 saturated carbocycles. The molecule has 1 unspecified atom stereocenters. The zero-order valence-electron chi connectivity index (χ0n) is 14.6. The molecule has 132 valence electrons. The van der Waals surface area contributed by atoms with E-state index in [1.807, 2.05) is 72.2 Å². The molecule has 2 amide bonds. The fourth-order valence-corrected chi connectivity index (χ4v) is 3.63. The number of rotatable bonds is 3. The molecule has 0 saturated heterocycles. The van der Waals surface area contributed by atoms with Crippen LogP contribution in [0.2, 0.25) is 5.02 Å². The van der Waals surface area contributed by atoms with Crippen molar-refractivity contribution < 1.29 is 4.79 Å². The van der Waals surface area contributed by atoms with Gasteiger partial charge in [-0.3, -0.25) is 4.90 Å². The normalized spacial score (nSPS) is 15.1. The van der Waals surface area contributed by atoms with Gasteiger partial charge in [-0.2, -0.15) is 0 Å².